The smallest absolute Gasteiger partial charge is 0.347 e. The molecule has 0 aliphatic carbocycles. The number of carbonyl (C=O) groups excluding carboxylic acids is 1. The lowest BCUT2D eigenvalue weighted by Gasteiger charge is -2.17. The quantitative estimate of drug-likeness (QED) is 0.758. The molecular weight excluding hydrogens is 276 g/mol. The average Bonchev–Trinajstić information content (AvgIpc) is 2.51. The highest BCUT2D eigenvalue weighted by molar-refractivity contribution is 5.74. The summed E-state index contributed by atoms with van der Waals surface area (Å²) in [4.78, 5) is 11.7. The van der Waals surface area contributed by atoms with Gasteiger partial charge in [-0.25, -0.2) is 4.79 Å². The van der Waals surface area contributed by atoms with Crippen molar-refractivity contribution in [2.75, 3.05) is 6.61 Å². The average molecular weight is 298 g/mol. The van der Waals surface area contributed by atoms with Gasteiger partial charge >= 0.3 is 5.97 Å². The van der Waals surface area contributed by atoms with E-state index >= 15 is 0 Å². The third-order valence-electron chi connectivity index (χ3n) is 3.38. The molecule has 0 fully saturated rings. The van der Waals surface area contributed by atoms with Gasteiger partial charge in [-0.05, 0) is 38.0 Å². The van der Waals surface area contributed by atoms with E-state index in [0.717, 1.165) is 17.7 Å². The maximum absolute atomic E-state index is 11.7. The van der Waals surface area contributed by atoms with Crippen LogP contribution in [0.1, 0.15) is 30.5 Å². The number of ether oxygens (including phenoxy) is 2. The number of rotatable bonds is 6. The van der Waals surface area contributed by atoms with Crippen LogP contribution in [0, 0.1) is 6.92 Å². The minimum absolute atomic E-state index is 0.339. The molecule has 3 heteroatoms. The molecule has 0 radical (unpaired) electrons. The first-order valence-corrected chi connectivity index (χ1v) is 7.57. The van der Waals surface area contributed by atoms with Gasteiger partial charge in [0.05, 0.1) is 6.61 Å². The Hall–Kier alpha value is -2.29. The first-order chi connectivity index (χ1) is 10.6. The Morgan fingerprint density at radius 2 is 1.86 bits per heavy atom. The summed E-state index contributed by atoms with van der Waals surface area (Å²) in [7, 11) is 0. The molecule has 3 nitrogen and oxygen atoms in total. The summed E-state index contributed by atoms with van der Waals surface area (Å²) < 4.78 is 10.8. The zero-order chi connectivity index (χ0) is 15.9. The molecular formula is C19H22O3. The molecule has 116 valence electrons. The fourth-order valence-corrected chi connectivity index (χ4v) is 2.28. The molecule has 0 heterocycles. The van der Waals surface area contributed by atoms with Gasteiger partial charge in [-0.15, -0.1) is 0 Å². The van der Waals surface area contributed by atoms with Crippen LogP contribution < -0.4 is 4.74 Å². The molecule has 0 N–H and O–H groups in total. The molecule has 22 heavy (non-hydrogen) atoms. The number of esters is 1. The Balaban J connectivity index is 2.19. The van der Waals surface area contributed by atoms with Gasteiger partial charge in [-0.1, -0.05) is 48.0 Å². The number of benzene rings is 2. The molecule has 0 aliphatic rings. The summed E-state index contributed by atoms with van der Waals surface area (Å²) in [5.41, 5.74) is 3.45. The predicted molar refractivity (Wildman–Crippen MR) is 87.2 cm³/mol. The molecule has 2 aromatic rings. The molecule has 2 aromatic carbocycles. The Morgan fingerprint density at radius 3 is 2.55 bits per heavy atom. The van der Waals surface area contributed by atoms with Crippen LogP contribution in [0.5, 0.6) is 5.75 Å². The van der Waals surface area contributed by atoms with Gasteiger partial charge in [0, 0.05) is 6.42 Å². The highest BCUT2D eigenvalue weighted by Gasteiger charge is 2.17. The number of hydrogen-bond donors (Lipinski definition) is 0. The molecule has 0 saturated carbocycles. The normalized spacial score (nSPS) is 11.8. The maximum atomic E-state index is 11.7. The van der Waals surface area contributed by atoms with Crippen LogP contribution in [0.3, 0.4) is 0 Å². The van der Waals surface area contributed by atoms with E-state index in [9.17, 15) is 4.79 Å². The van der Waals surface area contributed by atoms with E-state index in [4.69, 9.17) is 9.47 Å². The lowest BCUT2D eigenvalue weighted by atomic mass is 10.0. The Bertz CT molecular complexity index is 620. The van der Waals surface area contributed by atoms with E-state index in [2.05, 4.69) is 18.2 Å². The van der Waals surface area contributed by atoms with Gasteiger partial charge in [-0.2, -0.15) is 0 Å². The second kappa shape index (κ2) is 7.64. The molecule has 1 atom stereocenters. The summed E-state index contributed by atoms with van der Waals surface area (Å²) >= 11 is 0. The highest BCUT2D eigenvalue weighted by atomic mass is 16.6. The lowest BCUT2D eigenvalue weighted by molar-refractivity contribution is -0.150. The maximum Gasteiger partial charge on any atom is 0.347 e. The van der Waals surface area contributed by atoms with Crippen LogP contribution in [0.15, 0.2) is 48.5 Å². The molecule has 0 bridgehead atoms. The van der Waals surface area contributed by atoms with Gasteiger partial charge in [0.2, 0.25) is 0 Å². The van der Waals surface area contributed by atoms with E-state index < -0.39 is 6.10 Å². The first-order valence-electron chi connectivity index (χ1n) is 7.57. The van der Waals surface area contributed by atoms with Crippen molar-refractivity contribution in [2.45, 2.75) is 33.3 Å². The zero-order valence-corrected chi connectivity index (χ0v) is 13.3. The molecule has 0 spiro atoms. The van der Waals surface area contributed by atoms with Crippen molar-refractivity contribution >= 4 is 5.97 Å². The van der Waals surface area contributed by atoms with Crippen molar-refractivity contribution in [1.29, 1.82) is 0 Å². The van der Waals surface area contributed by atoms with Crippen LogP contribution in [0.4, 0.5) is 0 Å². The summed E-state index contributed by atoms with van der Waals surface area (Å²) in [5.74, 6) is 0.392. The van der Waals surface area contributed by atoms with Crippen molar-refractivity contribution in [1.82, 2.24) is 0 Å². The van der Waals surface area contributed by atoms with E-state index in [-0.39, 0.29) is 5.97 Å². The Kier molecular flexibility index (Phi) is 5.59. The fraction of sp³-hybridized carbons (Fsp3) is 0.316. The standard InChI is InChI=1S/C19H22O3/c1-4-21-19(20)15(3)22-18-11-10-14(2)12-17(18)13-16-8-6-5-7-9-16/h5-12,15H,4,13H2,1-3H3. The van der Waals surface area contributed by atoms with Crippen LogP contribution in [0.2, 0.25) is 0 Å². The van der Waals surface area contributed by atoms with Crippen molar-refractivity contribution in [3.05, 3.63) is 65.2 Å². The second-order valence-electron chi connectivity index (χ2n) is 5.29. The van der Waals surface area contributed by atoms with Gasteiger partial charge in [0.15, 0.2) is 6.10 Å². The minimum atomic E-state index is -0.614. The van der Waals surface area contributed by atoms with E-state index in [1.165, 1.54) is 11.1 Å². The summed E-state index contributed by atoms with van der Waals surface area (Å²) in [5, 5.41) is 0. The number of hydrogen-bond acceptors (Lipinski definition) is 3. The Labute approximate surface area is 131 Å². The summed E-state index contributed by atoms with van der Waals surface area (Å²) in [6, 6.07) is 16.2. The highest BCUT2D eigenvalue weighted by Crippen LogP contribution is 2.24. The summed E-state index contributed by atoms with van der Waals surface area (Å²) in [6.07, 6.45) is 0.158. The topological polar surface area (TPSA) is 35.5 Å². The molecule has 2 rings (SSSR count). The van der Waals surface area contributed by atoms with Crippen LogP contribution >= 0.6 is 0 Å². The fourth-order valence-electron chi connectivity index (χ4n) is 2.28. The minimum Gasteiger partial charge on any atom is -0.479 e. The monoisotopic (exact) mass is 298 g/mol. The predicted octanol–water partition coefficient (Wildman–Crippen LogP) is 3.92. The van der Waals surface area contributed by atoms with Crippen LogP contribution in [0.25, 0.3) is 0 Å². The Morgan fingerprint density at radius 1 is 1.14 bits per heavy atom. The van der Waals surface area contributed by atoms with E-state index in [0.29, 0.717) is 6.61 Å². The lowest BCUT2D eigenvalue weighted by Crippen LogP contribution is -2.26. The van der Waals surface area contributed by atoms with Crippen molar-refractivity contribution in [3.63, 3.8) is 0 Å². The van der Waals surface area contributed by atoms with Crippen molar-refractivity contribution < 1.29 is 14.3 Å². The van der Waals surface area contributed by atoms with Crippen molar-refractivity contribution in [3.8, 4) is 5.75 Å². The van der Waals surface area contributed by atoms with Gasteiger partial charge in [0.25, 0.3) is 0 Å². The largest absolute Gasteiger partial charge is 0.479 e. The molecule has 0 aromatic heterocycles. The van der Waals surface area contributed by atoms with Crippen LogP contribution in [-0.4, -0.2) is 18.7 Å². The number of aryl methyl sites for hydroxylation is 1. The summed E-state index contributed by atoms with van der Waals surface area (Å²) in [6.45, 7) is 5.91. The third-order valence-corrected chi connectivity index (χ3v) is 3.38. The molecule has 1 unspecified atom stereocenters. The second-order valence-corrected chi connectivity index (χ2v) is 5.29. The SMILES string of the molecule is CCOC(=O)C(C)Oc1ccc(C)cc1Cc1ccccc1. The number of carbonyl (C=O) groups is 1. The van der Waals surface area contributed by atoms with Crippen molar-refractivity contribution in [2.24, 2.45) is 0 Å². The van der Waals surface area contributed by atoms with Gasteiger partial charge < -0.3 is 9.47 Å². The van der Waals surface area contributed by atoms with E-state index in [1.54, 1.807) is 13.8 Å². The first kappa shape index (κ1) is 16.1. The molecule has 0 amide bonds. The van der Waals surface area contributed by atoms with Gasteiger partial charge in [0.1, 0.15) is 5.75 Å². The van der Waals surface area contributed by atoms with Crippen LogP contribution in [-0.2, 0) is 16.0 Å². The zero-order valence-electron chi connectivity index (χ0n) is 13.3. The molecule has 0 saturated heterocycles. The van der Waals surface area contributed by atoms with E-state index in [1.807, 2.05) is 37.3 Å². The third kappa shape index (κ3) is 4.35. The molecule has 0 aliphatic heterocycles. The van der Waals surface area contributed by atoms with Gasteiger partial charge in [-0.3, -0.25) is 0 Å².